The second-order valence-electron chi connectivity index (χ2n) is 5.78. The van der Waals surface area contributed by atoms with Crippen molar-refractivity contribution in [3.8, 4) is 0 Å². The maximum Gasteiger partial charge on any atom is 0.253 e. The monoisotopic (exact) mass is 295 g/mol. The normalized spacial score (nSPS) is 18.4. The predicted molar refractivity (Wildman–Crippen MR) is 77.1 cm³/mol. The third-order valence-electron chi connectivity index (χ3n) is 4.20. The van der Waals surface area contributed by atoms with Gasteiger partial charge in [-0.3, -0.25) is 4.79 Å². The van der Waals surface area contributed by atoms with E-state index in [0.717, 1.165) is 25.7 Å². The molecule has 0 heterocycles. The van der Waals surface area contributed by atoms with Crippen LogP contribution in [0.4, 0.5) is 4.39 Å². The Kier molecular flexibility index (Phi) is 5.31. The first-order valence-electron chi connectivity index (χ1n) is 7.27. The smallest absolute Gasteiger partial charge is 0.253 e. The van der Waals surface area contributed by atoms with Crippen LogP contribution in [0.25, 0.3) is 0 Å². The zero-order valence-electron chi connectivity index (χ0n) is 12.3. The van der Waals surface area contributed by atoms with E-state index >= 15 is 0 Å². The molecule has 1 saturated carbocycles. The van der Waals surface area contributed by atoms with E-state index in [1.807, 2.05) is 0 Å². The number of rotatable bonds is 6. The Morgan fingerprint density at radius 3 is 2.71 bits per heavy atom. The molecule has 1 atom stereocenters. The van der Waals surface area contributed by atoms with E-state index in [4.69, 9.17) is 4.74 Å². The number of aliphatic hydroxyl groups is 1. The number of hydrogen-bond donors (Lipinski definition) is 2. The Morgan fingerprint density at radius 1 is 1.43 bits per heavy atom. The molecule has 1 aliphatic carbocycles. The molecule has 1 fully saturated rings. The topological polar surface area (TPSA) is 58.6 Å². The molecular formula is C16H22FNO3. The average Bonchev–Trinajstić information content (AvgIpc) is 2.94. The number of amides is 1. The Morgan fingerprint density at radius 2 is 2.10 bits per heavy atom. The molecule has 0 radical (unpaired) electrons. The van der Waals surface area contributed by atoms with Crippen LogP contribution >= 0.6 is 0 Å². The first-order chi connectivity index (χ1) is 10.1. The first-order valence-corrected chi connectivity index (χ1v) is 7.27. The van der Waals surface area contributed by atoms with Gasteiger partial charge in [0.05, 0.1) is 6.61 Å². The van der Waals surface area contributed by atoms with Crippen LogP contribution < -0.4 is 5.32 Å². The van der Waals surface area contributed by atoms with Crippen LogP contribution in [0.1, 0.15) is 37.4 Å². The number of carbonyl (C=O) groups is 1. The maximum absolute atomic E-state index is 13.6. The van der Waals surface area contributed by atoms with Crippen molar-refractivity contribution in [1.29, 1.82) is 0 Å². The van der Waals surface area contributed by atoms with Crippen LogP contribution in [0, 0.1) is 11.2 Å². The Balaban J connectivity index is 1.96. The number of ether oxygens (including phenoxy) is 1. The highest BCUT2D eigenvalue weighted by Crippen LogP contribution is 2.37. The minimum atomic E-state index is -1.48. The van der Waals surface area contributed by atoms with Gasteiger partial charge in [-0.2, -0.15) is 0 Å². The summed E-state index contributed by atoms with van der Waals surface area (Å²) in [6.45, 7) is 1.04. The van der Waals surface area contributed by atoms with Gasteiger partial charge in [-0.15, -0.1) is 0 Å². The molecule has 1 unspecified atom stereocenters. The average molecular weight is 295 g/mol. The lowest BCUT2D eigenvalue weighted by atomic mass is 9.87. The number of aliphatic hydroxyl groups excluding tert-OH is 1. The molecule has 0 saturated heterocycles. The molecule has 0 bridgehead atoms. The van der Waals surface area contributed by atoms with Crippen LogP contribution in [0.3, 0.4) is 0 Å². The summed E-state index contributed by atoms with van der Waals surface area (Å²) in [4.78, 5) is 12.0. The lowest BCUT2D eigenvalue weighted by Crippen LogP contribution is -2.40. The highest BCUT2D eigenvalue weighted by Gasteiger charge is 2.35. The molecule has 1 aromatic carbocycles. The van der Waals surface area contributed by atoms with Crippen LogP contribution in [0.15, 0.2) is 24.3 Å². The van der Waals surface area contributed by atoms with Gasteiger partial charge in [-0.05, 0) is 18.9 Å². The van der Waals surface area contributed by atoms with Gasteiger partial charge in [0.15, 0.2) is 6.10 Å². The zero-order chi connectivity index (χ0) is 15.3. The summed E-state index contributed by atoms with van der Waals surface area (Å²) in [5.74, 6) is -1.14. The number of carbonyl (C=O) groups excluding carboxylic acids is 1. The SMILES string of the molecule is COCC1(CNC(=O)C(O)c2ccccc2F)CCCC1. The molecule has 0 aliphatic heterocycles. The highest BCUT2D eigenvalue weighted by atomic mass is 19.1. The van der Waals surface area contributed by atoms with Crippen LogP contribution in [0.2, 0.25) is 0 Å². The van der Waals surface area contributed by atoms with E-state index in [1.54, 1.807) is 13.2 Å². The second kappa shape index (κ2) is 7.00. The van der Waals surface area contributed by atoms with Gasteiger partial charge in [0, 0.05) is 24.6 Å². The Bertz CT molecular complexity index is 486. The number of methoxy groups -OCH3 is 1. The van der Waals surface area contributed by atoms with E-state index in [1.165, 1.54) is 18.2 Å². The number of hydrogen-bond acceptors (Lipinski definition) is 3. The summed E-state index contributed by atoms with van der Waals surface area (Å²) in [6, 6.07) is 5.77. The van der Waals surface area contributed by atoms with Crippen molar-refractivity contribution < 1.29 is 19.0 Å². The molecule has 1 aliphatic rings. The summed E-state index contributed by atoms with van der Waals surface area (Å²) in [6.07, 6.45) is 2.75. The fourth-order valence-electron chi connectivity index (χ4n) is 3.01. The summed E-state index contributed by atoms with van der Waals surface area (Å²) in [7, 11) is 1.65. The molecule has 2 N–H and O–H groups in total. The van der Waals surface area contributed by atoms with Crippen LogP contribution in [-0.2, 0) is 9.53 Å². The fourth-order valence-corrected chi connectivity index (χ4v) is 3.01. The van der Waals surface area contributed by atoms with Gasteiger partial charge in [0.1, 0.15) is 5.82 Å². The van der Waals surface area contributed by atoms with Crippen molar-refractivity contribution in [2.75, 3.05) is 20.3 Å². The molecule has 1 amide bonds. The quantitative estimate of drug-likeness (QED) is 0.845. The largest absolute Gasteiger partial charge is 0.384 e. The van der Waals surface area contributed by atoms with E-state index < -0.39 is 17.8 Å². The first kappa shape index (κ1) is 15.9. The highest BCUT2D eigenvalue weighted by molar-refractivity contribution is 5.82. The molecular weight excluding hydrogens is 273 g/mol. The van der Waals surface area contributed by atoms with Crippen molar-refractivity contribution >= 4 is 5.91 Å². The Labute approximate surface area is 124 Å². The minimum absolute atomic E-state index is 0.00205. The second-order valence-corrected chi connectivity index (χ2v) is 5.78. The molecule has 1 aromatic rings. The van der Waals surface area contributed by atoms with E-state index in [0.29, 0.717) is 13.2 Å². The zero-order valence-corrected chi connectivity index (χ0v) is 12.3. The fraction of sp³-hybridized carbons (Fsp3) is 0.562. The third-order valence-corrected chi connectivity index (χ3v) is 4.20. The van der Waals surface area contributed by atoms with Gasteiger partial charge in [-0.1, -0.05) is 31.0 Å². The maximum atomic E-state index is 13.6. The van der Waals surface area contributed by atoms with Crippen molar-refractivity contribution in [3.05, 3.63) is 35.6 Å². The molecule has 116 valence electrons. The molecule has 21 heavy (non-hydrogen) atoms. The predicted octanol–water partition coefficient (Wildman–Crippen LogP) is 2.18. The standard InChI is InChI=1S/C16H22FNO3/c1-21-11-16(8-4-5-9-16)10-18-15(20)14(19)12-6-2-3-7-13(12)17/h2-3,6-7,14,19H,4-5,8-11H2,1H3,(H,18,20). The summed E-state index contributed by atoms with van der Waals surface area (Å²) < 4.78 is 18.8. The van der Waals surface area contributed by atoms with E-state index in [-0.39, 0.29) is 11.0 Å². The van der Waals surface area contributed by atoms with E-state index in [2.05, 4.69) is 5.32 Å². The lowest BCUT2D eigenvalue weighted by molar-refractivity contribution is -0.130. The van der Waals surface area contributed by atoms with Crippen molar-refractivity contribution in [1.82, 2.24) is 5.32 Å². The molecule has 0 aromatic heterocycles. The van der Waals surface area contributed by atoms with Crippen molar-refractivity contribution in [2.24, 2.45) is 5.41 Å². The van der Waals surface area contributed by atoms with Gasteiger partial charge >= 0.3 is 0 Å². The van der Waals surface area contributed by atoms with Crippen LogP contribution in [-0.4, -0.2) is 31.3 Å². The summed E-state index contributed by atoms with van der Waals surface area (Å²) in [5, 5.41) is 12.7. The molecule has 2 rings (SSSR count). The number of nitrogens with one attached hydrogen (secondary N) is 1. The van der Waals surface area contributed by atoms with E-state index in [9.17, 15) is 14.3 Å². The van der Waals surface area contributed by atoms with Gasteiger partial charge < -0.3 is 15.2 Å². The number of benzene rings is 1. The lowest BCUT2D eigenvalue weighted by Gasteiger charge is -2.28. The summed E-state index contributed by atoms with van der Waals surface area (Å²) >= 11 is 0. The van der Waals surface area contributed by atoms with Gasteiger partial charge in [-0.25, -0.2) is 4.39 Å². The Hall–Kier alpha value is -1.46. The van der Waals surface area contributed by atoms with Crippen molar-refractivity contribution in [3.63, 3.8) is 0 Å². The number of halogens is 1. The molecule has 0 spiro atoms. The van der Waals surface area contributed by atoms with Gasteiger partial charge in [0.2, 0.25) is 0 Å². The summed E-state index contributed by atoms with van der Waals surface area (Å²) in [5.41, 5.74) is -0.0541. The molecule has 4 nitrogen and oxygen atoms in total. The minimum Gasteiger partial charge on any atom is -0.384 e. The molecule has 5 heteroatoms. The van der Waals surface area contributed by atoms with Crippen molar-refractivity contribution in [2.45, 2.75) is 31.8 Å². The van der Waals surface area contributed by atoms with Gasteiger partial charge in [0.25, 0.3) is 5.91 Å². The third kappa shape index (κ3) is 3.80. The van der Waals surface area contributed by atoms with Crippen LogP contribution in [0.5, 0.6) is 0 Å².